The van der Waals surface area contributed by atoms with Crippen molar-refractivity contribution in [3.63, 3.8) is 0 Å². The van der Waals surface area contributed by atoms with Crippen LogP contribution in [0.15, 0.2) is 0 Å². The molecule has 1 aliphatic rings. The van der Waals surface area contributed by atoms with Crippen molar-refractivity contribution >= 4 is 5.91 Å². The maximum absolute atomic E-state index is 12.4. The minimum Gasteiger partial charge on any atom is -0.351 e. The lowest BCUT2D eigenvalue weighted by atomic mass is 9.87. The van der Waals surface area contributed by atoms with Crippen molar-refractivity contribution in [1.82, 2.24) is 5.32 Å². The van der Waals surface area contributed by atoms with Gasteiger partial charge >= 0.3 is 12.1 Å². The topological polar surface area (TPSA) is 47.6 Å². The summed E-state index contributed by atoms with van der Waals surface area (Å²) in [6, 6.07) is 0. The first-order chi connectivity index (χ1) is 8.21. The van der Waals surface area contributed by atoms with Crippen molar-refractivity contribution in [2.24, 2.45) is 0 Å². The van der Waals surface area contributed by atoms with E-state index < -0.39 is 23.4 Å². The molecule has 4 nitrogen and oxygen atoms in total. The lowest BCUT2D eigenvalue weighted by Gasteiger charge is -2.44. The maximum Gasteiger partial charge on any atom is 0.471 e. The number of hydrogen-bond donors (Lipinski definition) is 1. The Hall–Kier alpha value is -0.820. The number of ether oxygens (including phenoxy) is 2. The summed E-state index contributed by atoms with van der Waals surface area (Å²) < 4.78 is 47.5. The van der Waals surface area contributed by atoms with Crippen molar-refractivity contribution < 1.29 is 27.4 Å². The van der Waals surface area contributed by atoms with E-state index in [0.717, 1.165) is 12.8 Å². The Morgan fingerprint density at radius 1 is 1.17 bits per heavy atom. The second-order valence-corrected chi connectivity index (χ2v) is 4.60. The number of carbonyl (C=O) groups is 1. The Morgan fingerprint density at radius 3 is 1.94 bits per heavy atom. The van der Waals surface area contributed by atoms with Gasteiger partial charge in [0, 0.05) is 14.2 Å². The van der Waals surface area contributed by atoms with Crippen LogP contribution in [0.4, 0.5) is 13.2 Å². The summed E-state index contributed by atoms with van der Waals surface area (Å²) >= 11 is 0. The zero-order valence-electron chi connectivity index (χ0n) is 10.7. The highest BCUT2D eigenvalue weighted by Crippen LogP contribution is 2.41. The molecule has 1 amide bonds. The van der Waals surface area contributed by atoms with E-state index in [1.807, 2.05) is 0 Å². The molecule has 1 saturated carbocycles. The van der Waals surface area contributed by atoms with Crippen LogP contribution in [0.5, 0.6) is 0 Å². The minimum atomic E-state index is -4.90. The van der Waals surface area contributed by atoms with Gasteiger partial charge in [0.05, 0.1) is 5.54 Å². The first kappa shape index (κ1) is 15.2. The maximum atomic E-state index is 12.4. The average molecular weight is 269 g/mol. The number of methoxy groups -OCH3 is 2. The second-order valence-electron chi connectivity index (χ2n) is 4.60. The molecule has 0 radical (unpaired) electrons. The lowest BCUT2D eigenvalue weighted by Crippen LogP contribution is -2.65. The highest BCUT2D eigenvalue weighted by atomic mass is 19.4. The Bertz CT molecular complexity index is 307. The van der Waals surface area contributed by atoms with E-state index >= 15 is 0 Å². The van der Waals surface area contributed by atoms with Crippen molar-refractivity contribution in [2.75, 3.05) is 14.2 Å². The molecule has 1 fully saturated rings. The summed E-state index contributed by atoms with van der Waals surface area (Å²) in [7, 11) is 2.70. The van der Waals surface area contributed by atoms with Gasteiger partial charge in [0.15, 0.2) is 5.79 Å². The third-order valence-electron chi connectivity index (χ3n) is 3.72. The molecule has 0 atom stereocenters. The van der Waals surface area contributed by atoms with Crippen molar-refractivity contribution in [2.45, 2.75) is 50.1 Å². The van der Waals surface area contributed by atoms with Gasteiger partial charge < -0.3 is 14.8 Å². The molecule has 0 bridgehead atoms. The minimum absolute atomic E-state index is 0.396. The van der Waals surface area contributed by atoms with E-state index in [2.05, 4.69) is 5.32 Å². The van der Waals surface area contributed by atoms with Crippen LogP contribution in [-0.2, 0) is 14.3 Å². The van der Waals surface area contributed by atoms with Crippen molar-refractivity contribution in [3.8, 4) is 0 Å². The van der Waals surface area contributed by atoms with Crippen LogP contribution in [0.3, 0.4) is 0 Å². The molecular weight excluding hydrogens is 251 g/mol. The van der Waals surface area contributed by atoms with Gasteiger partial charge in [-0.3, -0.25) is 4.79 Å². The fraction of sp³-hybridized carbons (Fsp3) is 0.909. The number of nitrogens with one attached hydrogen (secondary N) is 1. The van der Waals surface area contributed by atoms with Crippen LogP contribution in [0.2, 0.25) is 0 Å². The number of halogens is 3. The SMILES string of the molecule is COC(C)(OC)C1(NC(=O)C(F)(F)F)CCCC1. The molecular formula is C11H18F3NO3. The molecule has 106 valence electrons. The van der Waals surface area contributed by atoms with Crippen molar-refractivity contribution in [1.29, 1.82) is 0 Å². The molecule has 0 aromatic heterocycles. The highest BCUT2D eigenvalue weighted by molar-refractivity contribution is 5.82. The van der Waals surface area contributed by atoms with E-state index in [9.17, 15) is 18.0 Å². The van der Waals surface area contributed by atoms with E-state index in [1.165, 1.54) is 21.1 Å². The number of amides is 1. The predicted molar refractivity (Wildman–Crippen MR) is 57.8 cm³/mol. The van der Waals surface area contributed by atoms with Crippen LogP contribution in [-0.4, -0.2) is 37.6 Å². The Balaban J connectivity index is 2.99. The first-order valence-corrected chi connectivity index (χ1v) is 5.70. The molecule has 1 rings (SSSR count). The van der Waals surface area contributed by atoms with Crippen LogP contribution >= 0.6 is 0 Å². The van der Waals surface area contributed by atoms with Gasteiger partial charge in [-0.2, -0.15) is 13.2 Å². The van der Waals surface area contributed by atoms with E-state index in [-0.39, 0.29) is 0 Å². The van der Waals surface area contributed by atoms with Crippen molar-refractivity contribution in [3.05, 3.63) is 0 Å². The van der Waals surface area contributed by atoms with Gasteiger partial charge in [-0.25, -0.2) is 0 Å². The molecule has 7 heteroatoms. The zero-order valence-corrected chi connectivity index (χ0v) is 10.7. The van der Waals surface area contributed by atoms with Gasteiger partial charge in [-0.05, 0) is 19.8 Å². The van der Waals surface area contributed by atoms with Crippen LogP contribution in [0, 0.1) is 0 Å². The average Bonchev–Trinajstić information content (AvgIpc) is 2.76. The molecule has 0 unspecified atom stereocenters. The van der Waals surface area contributed by atoms with Gasteiger partial charge in [0.25, 0.3) is 0 Å². The molecule has 1 N–H and O–H groups in total. The predicted octanol–water partition coefficient (Wildman–Crippen LogP) is 1.99. The van der Waals surface area contributed by atoms with Crippen LogP contribution in [0.25, 0.3) is 0 Å². The summed E-state index contributed by atoms with van der Waals surface area (Å²) in [6.45, 7) is 1.54. The fourth-order valence-electron chi connectivity index (χ4n) is 2.43. The molecule has 18 heavy (non-hydrogen) atoms. The quantitative estimate of drug-likeness (QED) is 0.794. The second kappa shape index (κ2) is 5.05. The number of hydrogen-bond acceptors (Lipinski definition) is 3. The molecule has 0 heterocycles. The summed E-state index contributed by atoms with van der Waals surface area (Å²) in [5, 5.41) is 2.06. The van der Waals surface area contributed by atoms with Gasteiger partial charge in [0.2, 0.25) is 0 Å². The molecule has 0 spiro atoms. The molecule has 1 aliphatic carbocycles. The van der Waals surface area contributed by atoms with Crippen LogP contribution in [0.1, 0.15) is 32.6 Å². The van der Waals surface area contributed by atoms with Gasteiger partial charge in [-0.1, -0.05) is 12.8 Å². The molecule has 0 aromatic carbocycles. The highest BCUT2D eigenvalue weighted by Gasteiger charge is 2.55. The third kappa shape index (κ3) is 2.61. The van der Waals surface area contributed by atoms with Gasteiger partial charge in [0.1, 0.15) is 0 Å². The Kier molecular flexibility index (Phi) is 4.27. The number of carbonyl (C=O) groups excluding carboxylic acids is 1. The standard InChI is InChI=1S/C11H18F3NO3/c1-9(17-2,18-3)10(6-4-5-7-10)15-8(16)11(12,13)14/h4-7H2,1-3H3,(H,15,16). The van der Waals surface area contributed by atoms with Gasteiger partial charge in [-0.15, -0.1) is 0 Å². The molecule has 0 saturated heterocycles. The summed E-state index contributed by atoms with van der Waals surface area (Å²) in [5.74, 6) is -3.23. The van der Waals surface area contributed by atoms with Crippen LogP contribution < -0.4 is 5.32 Å². The zero-order chi connectivity index (χ0) is 14.0. The van der Waals surface area contributed by atoms with E-state index in [0.29, 0.717) is 12.8 Å². The van der Waals surface area contributed by atoms with E-state index in [1.54, 1.807) is 0 Å². The number of rotatable bonds is 4. The summed E-state index contributed by atoms with van der Waals surface area (Å²) in [4.78, 5) is 11.2. The number of alkyl halides is 3. The van der Waals surface area contributed by atoms with E-state index in [4.69, 9.17) is 9.47 Å². The smallest absolute Gasteiger partial charge is 0.351 e. The molecule has 0 aromatic rings. The summed E-state index contributed by atoms with van der Waals surface area (Å²) in [6.07, 6.45) is -2.67. The lowest BCUT2D eigenvalue weighted by molar-refractivity contribution is -0.245. The Labute approximate surface area is 104 Å². The summed E-state index contributed by atoms with van der Waals surface area (Å²) in [5.41, 5.74) is -1.14. The Morgan fingerprint density at radius 2 is 1.61 bits per heavy atom. The molecule has 0 aliphatic heterocycles. The normalized spacial score (nSPS) is 19.9. The largest absolute Gasteiger partial charge is 0.471 e. The first-order valence-electron chi connectivity index (χ1n) is 5.70. The fourth-order valence-corrected chi connectivity index (χ4v) is 2.43. The third-order valence-corrected chi connectivity index (χ3v) is 3.72. The monoisotopic (exact) mass is 269 g/mol.